The van der Waals surface area contributed by atoms with Crippen molar-refractivity contribution in [3.8, 4) is 0 Å². The van der Waals surface area contributed by atoms with Gasteiger partial charge in [0.05, 0.1) is 6.20 Å². The number of fused-ring (bicyclic) bond motifs is 1. The maximum atomic E-state index is 4.44. The van der Waals surface area contributed by atoms with Gasteiger partial charge in [-0.15, -0.1) is 0 Å². The molecule has 2 nitrogen and oxygen atoms in total. The Bertz CT molecular complexity index is 329. The highest BCUT2D eigenvalue weighted by atomic mass is 14.9. The van der Waals surface area contributed by atoms with Crippen LogP contribution in [0, 0.1) is 18.5 Å². The molecule has 69 valence electrons. The zero-order valence-electron chi connectivity index (χ0n) is 8.52. The number of rotatable bonds is 0. The molecule has 1 heterocycles. The van der Waals surface area contributed by atoms with Crippen LogP contribution in [-0.2, 0) is 12.8 Å². The Balaban J connectivity index is 2.37. The standard InChI is InChI=1S/C11H15N2/c1-8-12-7-9-6-11(2,3)5-4-10(9)13-8/h4-6H2,1-3H3. The molecular formula is C11H15N2. The Labute approximate surface area is 79.4 Å². The van der Waals surface area contributed by atoms with Gasteiger partial charge in [0.1, 0.15) is 5.82 Å². The molecule has 0 aliphatic heterocycles. The van der Waals surface area contributed by atoms with E-state index in [1.54, 1.807) is 0 Å². The fourth-order valence-electron chi connectivity index (χ4n) is 1.87. The third kappa shape index (κ3) is 1.71. The minimum atomic E-state index is 0.405. The van der Waals surface area contributed by atoms with E-state index in [1.165, 1.54) is 17.7 Å². The smallest absolute Gasteiger partial charge is 0.126 e. The maximum Gasteiger partial charge on any atom is 0.126 e. The lowest BCUT2D eigenvalue weighted by atomic mass is 9.76. The summed E-state index contributed by atoms with van der Waals surface area (Å²) in [6.07, 6.45) is 6.48. The van der Waals surface area contributed by atoms with E-state index < -0.39 is 0 Å². The van der Waals surface area contributed by atoms with E-state index >= 15 is 0 Å². The van der Waals surface area contributed by atoms with Gasteiger partial charge in [-0.25, -0.2) is 9.97 Å². The summed E-state index contributed by atoms with van der Waals surface area (Å²) in [4.78, 5) is 8.56. The molecule has 1 aromatic rings. The summed E-state index contributed by atoms with van der Waals surface area (Å²) in [6, 6.07) is 0. The second kappa shape index (κ2) is 2.79. The molecule has 0 spiro atoms. The molecule has 0 aromatic carbocycles. The zero-order valence-corrected chi connectivity index (χ0v) is 8.52. The van der Waals surface area contributed by atoms with Gasteiger partial charge in [0.2, 0.25) is 0 Å². The molecule has 1 aliphatic rings. The quantitative estimate of drug-likeness (QED) is 0.603. The van der Waals surface area contributed by atoms with Gasteiger partial charge in [-0.05, 0) is 31.6 Å². The first-order valence-electron chi connectivity index (χ1n) is 4.81. The molecule has 0 bridgehead atoms. The van der Waals surface area contributed by atoms with E-state index in [2.05, 4.69) is 30.0 Å². The van der Waals surface area contributed by atoms with Gasteiger partial charge in [-0.3, -0.25) is 0 Å². The zero-order chi connectivity index (χ0) is 9.47. The van der Waals surface area contributed by atoms with Crippen LogP contribution in [0.15, 0.2) is 0 Å². The number of hydrogen-bond donors (Lipinski definition) is 0. The first-order chi connectivity index (χ1) is 6.07. The van der Waals surface area contributed by atoms with Crippen molar-refractivity contribution in [3.05, 3.63) is 23.3 Å². The Kier molecular flexibility index (Phi) is 1.86. The highest BCUT2D eigenvalue weighted by molar-refractivity contribution is 5.21. The van der Waals surface area contributed by atoms with Gasteiger partial charge in [-0.2, -0.15) is 0 Å². The number of aryl methyl sites for hydroxylation is 2. The van der Waals surface area contributed by atoms with Crippen molar-refractivity contribution >= 4 is 0 Å². The third-order valence-electron chi connectivity index (χ3n) is 2.69. The number of nitrogens with zero attached hydrogens (tertiary/aromatic N) is 2. The van der Waals surface area contributed by atoms with Crippen molar-refractivity contribution in [3.63, 3.8) is 0 Å². The molecule has 0 saturated carbocycles. The van der Waals surface area contributed by atoms with Crippen molar-refractivity contribution < 1.29 is 0 Å². The molecule has 2 heteroatoms. The van der Waals surface area contributed by atoms with Crippen LogP contribution in [-0.4, -0.2) is 9.97 Å². The molecular weight excluding hydrogens is 160 g/mol. The van der Waals surface area contributed by atoms with Gasteiger partial charge in [0.15, 0.2) is 0 Å². The molecule has 1 aliphatic carbocycles. The van der Waals surface area contributed by atoms with E-state index in [1.807, 2.05) is 6.92 Å². The van der Waals surface area contributed by atoms with Crippen molar-refractivity contribution in [2.45, 2.75) is 40.0 Å². The van der Waals surface area contributed by atoms with Crippen molar-refractivity contribution in [2.24, 2.45) is 5.41 Å². The molecule has 0 saturated heterocycles. The second-order valence-electron chi connectivity index (χ2n) is 4.65. The lowest BCUT2D eigenvalue weighted by molar-refractivity contribution is 0.311. The molecule has 0 unspecified atom stereocenters. The molecule has 1 radical (unpaired) electrons. The van der Waals surface area contributed by atoms with Gasteiger partial charge >= 0.3 is 0 Å². The largest absolute Gasteiger partial charge is 0.238 e. The normalized spacial score (nSPS) is 19.6. The average molecular weight is 175 g/mol. The van der Waals surface area contributed by atoms with E-state index in [9.17, 15) is 0 Å². The highest BCUT2D eigenvalue weighted by Gasteiger charge is 2.26. The Hall–Kier alpha value is -0.920. The lowest BCUT2D eigenvalue weighted by Gasteiger charge is -2.29. The van der Waals surface area contributed by atoms with Crippen molar-refractivity contribution in [1.82, 2.24) is 9.97 Å². The predicted octanol–water partition coefficient (Wildman–Crippen LogP) is 2.10. The Morgan fingerprint density at radius 2 is 2.15 bits per heavy atom. The molecule has 1 aromatic heterocycles. The maximum absolute atomic E-state index is 4.44. The van der Waals surface area contributed by atoms with Crippen LogP contribution in [0.25, 0.3) is 0 Å². The van der Waals surface area contributed by atoms with Crippen molar-refractivity contribution in [1.29, 1.82) is 0 Å². The SMILES string of the molecule is Cc1n[c]c2c(n1)CCC(C)(C)C2. The third-order valence-corrected chi connectivity index (χ3v) is 2.69. The summed E-state index contributed by atoms with van der Waals surface area (Å²) in [5, 5.41) is 0. The van der Waals surface area contributed by atoms with Crippen LogP contribution >= 0.6 is 0 Å². The minimum Gasteiger partial charge on any atom is -0.238 e. The van der Waals surface area contributed by atoms with Crippen LogP contribution < -0.4 is 0 Å². The van der Waals surface area contributed by atoms with Crippen molar-refractivity contribution in [2.75, 3.05) is 0 Å². The predicted molar refractivity (Wildman–Crippen MR) is 51.4 cm³/mol. The summed E-state index contributed by atoms with van der Waals surface area (Å²) in [6.45, 7) is 6.52. The minimum absolute atomic E-state index is 0.405. The topological polar surface area (TPSA) is 25.8 Å². The van der Waals surface area contributed by atoms with E-state index in [-0.39, 0.29) is 0 Å². The second-order valence-corrected chi connectivity index (χ2v) is 4.65. The highest BCUT2D eigenvalue weighted by Crippen LogP contribution is 2.33. The Morgan fingerprint density at radius 1 is 1.38 bits per heavy atom. The monoisotopic (exact) mass is 175 g/mol. The lowest BCUT2D eigenvalue weighted by Crippen LogP contribution is -2.23. The first-order valence-corrected chi connectivity index (χ1v) is 4.81. The summed E-state index contributed by atoms with van der Waals surface area (Å²) < 4.78 is 0. The fraction of sp³-hybridized carbons (Fsp3) is 0.636. The van der Waals surface area contributed by atoms with Gasteiger partial charge < -0.3 is 0 Å². The average Bonchev–Trinajstić information content (AvgIpc) is 2.05. The molecule has 0 atom stereocenters. The van der Waals surface area contributed by atoms with Gasteiger partial charge in [0, 0.05) is 11.3 Å². The summed E-state index contributed by atoms with van der Waals surface area (Å²) in [5.74, 6) is 0.846. The van der Waals surface area contributed by atoms with Crippen LogP contribution in [0.5, 0.6) is 0 Å². The summed E-state index contributed by atoms with van der Waals surface area (Å²) in [7, 11) is 0. The van der Waals surface area contributed by atoms with Crippen LogP contribution in [0.1, 0.15) is 37.4 Å². The molecule has 0 amide bonds. The summed E-state index contributed by atoms with van der Waals surface area (Å²) in [5.41, 5.74) is 2.84. The molecule has 0 N–H and O–H groups in total. The van der Waals surface area contributed by atoms with Gasteiger partial charge in [0.25, 0.3) is 0 Å². The molecule has 13 heavy (non-hydrogen) atoms. The Morgan fingerprint density at radius 3 is 2.92 bits per heavy atom. The van der Waals surface area contributed by atoms with Crippen LogP contribution in [0.3, 0.4) is 0 Å². The first kappa shape index (κ1) is 8.67. The van der Waals surface area contributed by atoms with E-state index in [0.29, 0.717) is 5.41 Å². The number of hydrogen-bond acceptors (Lipinski definition) is 2. The number of aromatic nitrogens is 2. The molecule has 2 rings (SSSR count). The van der Waals surface area contributed by atoms with Crippen LogP contribution in [0.4, 0.5) is 0 Å². The fourth-order valence-corrected chi connectivity index (χ4v) is 1.87. The van der Waals surface area contributed by atoms with E-state index in [4.69, 9.17) is 0 Å². The van der Waals surface area contributed by atoms with E-state index in [0.717, 1.165) is 18.7 Å². The van der Waals surface area contributed by atoms with Gasteiger partial charge in [-0.1, -0.05) is 13.8 Å². The molecule has 0 fully saturated rings. The van der Waals surface area contributed by atoms with Crippen LogP contribution in [0.2, 0.25) is 0 Å². The summed E-state index contributed by atoms with van der Waals surface area (Å²) >= 11 is 0.